The third-order valence-corrected chi connectivity index (χ3v) is 4.00. The molecule has 3 nitrogen and oxygen atoms in total. The van der Waals surface area contributed by atoms with Crippen molar-refractivity contribution in [3.8, 4) is 0 Å². The molecule has 2 aromatic rings. The molecule has 1 aliphatic heterocycles. The molecule has 6 heteroatoms. The number of para-hydroxylation sites is 1. The van der Waals surface area contributed by atoms with E-state index in [9.17, 15) is 0 Å². The van der Waals surface area contributed by atoms with E-state index < -0.39 is 0 Å². The van der Waals surface area contributed by atoms with E-state index in [-0.39, 0.29) is 24.8 Å². The number of aromatic nitrogens is 1. The lowest BCUT2D eigenvalue weighted by molar-refractivity contribution is 0.984. The summed E-state index contributed by atoms with van der Waals surface area (Å²) in [5.41, 5.74) is 3.79. The first-order valence-electron chi connectivity index (χ1n) is 6.33. The molecular weight excluding hydrogens is 325 g/mol. The van der Waals surface area contributed by atoms with Crippen molar-refractivity contribution in [2.45, 2.75) is 12.2 Å². The number of thioether (sulfide) groups is 1. The molecule has 2 heterocycles. The van der Waals surface area contributed by atoms with Crippen LogP contribution in [0.5, 0.6) is 0 Å². The Hall–Kier alpha value is -1.23. The number of rotatable bonds is 2. The summed E-state index contributed by atoms with van der Waals surface area (Å²) in [6.07, 6.45) is 4.66. The normalized spacial score (nSPS) is 12.7. The van der Waals surface area contributed by atoms with Crippen LogP contribution in [0.4, 0.5) is 5.69 Å². The number of anilines is 1. The molecule has 1 aliphatic rings. The molecule has 0 unspecified atom stereocenters. The van der Waals surface area contributed by atoms with Gasteiger partial charge in [0.15, 0.2) is 5.17 Å². The standard InChI is InChI=1S/C15H15N3S.2ClH/c1-2-4-14-13(3-1)7-10-17-15(18-14)19-11-12-5-8-16-9-6-12;;/h1-6,8-9H,7,10-11H2,(H,17,18);2*1H. The molecule has 0 fully saturated rings. The van der Waals surface area contributed by atoms with E-state index >= 15 is 0 Å². The van der Waals surface area contributed by atoms with Gasteiger partial charge >= 0.3 is 0 Å². The van der Waals surface area contributed by atoms with E-state index in [2.05, 4.69) is 39.6 Å². The van der Waals surface area contributed by atoms with Crippen LogP contribution in [0.3, 0.4) is 0 Å². The van der Waals surface area contributed by atoms with Gasteiger partial charge in [-0.2, -0.15) is 0 Å². The number of aliphatic imine (C=N–C) groups is 1. The summed E-state index contributed by atoms with van der Waals surface area (Å²) < 4.78 is 0. The average Bonchev–Trinajstić information content (AvgIpc) is 2.68. The second kappa shape index (κ2) is 8.93. The molecule has 0 radical (unpaired) electrons. The van der Waals surface area contributed by atoms with Crippen molar-refractivity contribution in [3.63, 3.8) is 0 Å². The Balaban J connectivity index is 0.00000110. The van der Waals surface area contributed by atoms with Crippen LogP contribution in [0.15, 0.2) is 53.8 Å². The number of hydrogen-bond donors (Lipinski definition) is 1. The first kappa shape index (κ1) is 17.8. The molecule has 1 N–H and O–H groups in total. The van der Waals surface area contributed by atoms with Gasteiger partial charge in [0.1, 0.15) is 0 Å². The molecule has 1 aromatic heterocycles. The van der Waals surface area contributed by atoms with Crippen molar-refractivity contribution in [2.24, 2.45) is 4.99 Å². The molecule has 0 atom stereocenters. The largest absolute Gasteiger partial charge is 0.335 e. The Morgan fingerprint density at radius 1 is 1.05 bits per heavy atom. The number of fused-ring (bicyclic) bond motifs is 1. The Kier molecular flexibility index (Phi) is 7.57. The van der Waals surface area contributed by atoms with Crippen LogP contribution in [0.25, 0.3) is 0 Å². The fraction of sp³-hybridized carbons (Fsp3) is 0.200. The topological polar surface area (TPSA) is 37.3 Å². The van der Waals surface area contributed by atoms with E-state index in [0.29, 0.717) is 0 Å². The van der Waals surface area contributed by atoms with E-state index in [1.807, 2.05) is 24.5 Å². The molecule has 1 aromatic carbocycles. The van der Waals surface area contributed by atoms with Gasteiger partial charge in [-0.3, -0.25) is 9.98 Å². The Labute approximate surface area is 141 Å². The molecule has 0 amide bonds. The lowest BCUT2D eigenvalue weighted by Crippen LogP contribution is -2.07. The average molecular weight is 342 g/mol. The summed E-state index contributed by atoms with van der Waals surface area (Å²) in [4.78, 5) is 8.64. The van der Waals surface area contributed by atoms with Gasteiger partial charge in [0.2, 0.25) is 0 Å². The minimum absolute atomic E-state index is 0. The number of nitrogens with zero attached hydrogens (tertiary/aromatic N) is 2. The van der Waals surface area contributed by atoms with Crippen LogP contribution in [0.2, 0.25) is 0 Å². The molecule has 0 saturated carbocycles. The van der Waals surface area contributed by atoms with Gasteiger partial charge in [0.05, 0.1) is 0 Å². The van der Waals surface area contributed by atoms with Crippen LogP contribution >= 0.6 is 36.6 Å². The van der Waals surface area contributed by atoms with Crippen LogP contribution in [0, 0.1) is 0 Å². The predicted octanol–water partition coefficient (Wildman–Crippen LogP) is 4.18. The minimum Gasteiger partial charge on any atom is -0.335 e. The van der Waals surface area contributed by atoms with Crippen LogP contribution in [-0.4, -0.2) is 16.7 Å². The van der Waals surface area contributed by atoms with Gasteiger partial charge in [-0.15, -0.1) is 24.8 Å². The van der Waals surface area contributed by atoms with E-state index in [1.165, 1.54) is 16.8 Å². The summed E-state index contributed by atoms with van der Waals surface area (Å²) in [5.74, 6) is 0.913. The van der Waals surface area contributed by atoms with Gasteiger partial charge < -0.3 is 5.32 Å². The van der Waals surface area contributed by atoms with Crippen molar-refractivity contribution in [3.05, 3.63) is 59.9 Å². The molecule has 0 bridgehead atoms. The minimum atomic E-state index is 0. The first-order valence-corrected chi connectivity index (χ1v) is 7.31. The van der Waals surface area contributed by atoms with Gasteiger partial charge in [0, 0.05) is 30.4 Å². The Morgan fingerprint density at radius 3 is 2.62 bits per heavy atom. The molecule has 0 saturated heterocycles. The van der Waals surface area contributed by atoms with Crippen LogP contribution in [-0.2, 0) is 12.2 Å². The third-order valence-electron chi connectivity index (χ3n) is 3.02. The van der Waals surface area contributed by atoms with Crippen molar-refractivity contribution in [2.75, 3.05) is 11.9 Å². The van der Waals surface area contributed by atoms with Gasteiger partial charge in [-0.05, 0) is 35.7 Å². The van der Waals surface area contributed by atoms with E-state index in [0.717, 1.165) is 23.9 Å². The molecule has 0 spiro atoms. The quantitative estimate of drug-likeness (QED) is 0.889. The van der Waals surface area contributed by atoms with Crippen molar-refractivity contribution >= 4 is 47.4 Å². The second-order valence-corrected chi connectivity index (χ2v) is 5.33. The zero-order valence-corrected chi connectivity index (χ0v) is 13.8. The smallest absolute Gasteiger partial charge is 0.161 e. The van der Waals surface area contributed by atoms with E-state index in [1.54, 1.807) is 11.8 Å². The Morgan fingerprint density at radius 2 is 1.81 bits per heavy atom. The maximum atomic E-state index is 4.61. The predicted molar refractivity (Wildman–Crippen MR) is 96.1 cm³/mol. The highest BCUT2D eigenvalue weighted by molar-refractivity contribution is 8.13. The number of amidine groups is 1. The van der Waals surface area contributed by atoms with Gasteiger partial charge in [0.25, 0.3) is 0 Å². The van der Waals surface area contributed by atoms with E-state index in [4.69, 9.17) is 0 Å². The molecule has 112 valence electrons. The number of halogens is 2. The second-order valence-electron chi connectivity index (χ2n) is 4.36. The monoisotopic (exact) mass is 341 g/mol. The highest BCUT2D eigenvalue weighted by Crippen LogP contribution is 2.22. The molecular formula is C15H17Cl2N3S. The van der Waals surface area contributed by atoms with Gasteiger partial charge in [-0.25, -0.2) is 0 Å². The number of nitrogens with one attached hydrogen (secondary N) is 1. The first-order chi connectivity index (χ1) is 9.42. The highest BCUT2D eigenvalue weighted by atomic mass is 35.5. The lowest BCUT2D eigenvalue weighted by Gasteiger charge is -2.09. The molecule has 3 rings (SSSR count). The number of hydrogen-bond acceptors (Lipinski definition) is 4. The third kappa shape index (κ3) is 4.92. The maximum absolute atomic E-state index is 4.61. The lowest BCUT2D eigenvalue weighted by atomic mass is 10.1. The summed E-state index contributed by atoms with van der Waals surface area (Å²) >= 11 is 1.74. The fourth-order valence-electron chi connectivity index (χ4n) is 2.01. The Bertz CT molecular complexity index is 590. The van der Waals surface area contributed by atoms with Crippen LogP contribution in [0.1, 0.15) is 11.1 Å². The summed E-state index contributed by atoms with van der Waals surface area (Å²) in [6.45, 7) is 0.850. The number of pyridine rings is 1. The molecule has 0 aliphatic carbocycles. The SMILES string of the molecule is Cl.Cl.c1ccc2c(c1)CCN=C(SCc1ccncc1)N2. The van der Waals surface area contributed by atoms with Crippen molar-refractivity contribution in [1.82, 2.24) is 4.98 Å². The van der Waals surface area contributed by atoms with Crippen molar-refractivity contribution < 1.29 is 0 Å². The zero-order valence-electron chi connectivity index (χ0n) is 11.4. The zero-order chi connectivity index (χ0) is 12.9. The summed E-state index contributed by atoms with van der Waals surface area (Å²) in [6, 6.07) is 12.5. The number of benzene rings is 1. The van der Waals surface area contributed by atoms with Gasteiger partial charge in [-0.1, -0.05) is 30.0 Å². The maximum Gasteiger partial charge on any atom is 0.161 e. The highest BCUT2D eigenvalue weighted by Gasteiger charge is 2.09. The molecule has 21 heavy (non-hydrogen) atoms. The van der Waals surface area contributed by atoms with Crippen molar-refractivity contribution in [1.29, 1.82) is 0 Å². The fourth-order valence-corrected chi connectivity index (χ4v) is 2.87. The summed E-state index contributed by atoms with van der Waals surface area (Å²) in [7, 11) is 0. The summed E-state index contributed by atoms with van der Waals surface area (Å²) in [5, 5.41) is 4.43. The van der Waals surface area contributed by atoms with Crippen LogP contribution < -0.4 is 5.32 Å².